The molecule has 0 aromatic carbocycles. The number of hydrogen-bond acceptors (Lipinski definition) is 3. The first-order valence-electron chi connectivity index (χ1n) is 5.69. The fraction of sp³-hybridized carbons (Fsp3) is 0.125. The third kappa shape index (κ3) is 6.58. The maximum atomic E-state index is 11.7. The number of ether oxygens (including phenoxy) is 1. The Hall–Kier alpha value is -2.31. The lowest BCUT2D eigenvalue weighted by Crippen LogP contribution is -2.04. The first kappa shape index (κ1) is 17.7. The topological polar surface area (TPSA) is 50.1 Å². The van der Waals surface area contributed by atoms with Crippen LogP contribution >= 0.6 is 11.6 Å². The van der Waals surface area contributed by atoms with Crippen molar-refractivity contribution in [3.63, 3.8) is 0 Å². The normalized spacial score (nSPS) is 11.9. The van der Waals surface area contributed by atoms with E-state index in [2.05, 4.69) is 19.7 Å². The zero-order chi connectivity index (χ0) is 15.7. The Balaban J connectivity index is 4.89. The SMILES string of the molecule is C=C(C)/C=C\C(=C)C(=O)OC(=C/C)/C=C(/Cl)C(=C)C#N. The number of hydrogen-bond donors (Lipinski definition) is 0. The molecule has 0 saturated carbocycles. The first-order valence-corrected chi connectivity index (χ1v) is 6.07. The van der Waals surface area contributed by atoms with Gasteiger partial charge < -0.3 is 4.74 Å². The van der Waals surface area contributed by atoms with Gasteiger partial charge in [0, 0.05) is 6.08 Å². The van der Waals surface area contributed by atoms with E-state index in [1.807, 2.05) is 0 Å². The molecule has 0 unspecified atom stereocenters. The molecule has 0 rings (SSSR count). The van der Waals surface area contributed by atoms with E-state index >= 15 is 0 Å². The summed E-state index contributed by atoms with van der Waals surface area (Å²) in [7, 11) is 0. The van der Waals surface area contributed by atoms with E-state index in [4.69, 9.17) is 21.6 Å². The molecule has 4 heteroatoms. The maximum absolute atomic E-state index is 11.7. The van der Waals surface area contributed by atoms with Crippen LogP contribution in [-0.4, -0.2) is 5.97 Å². The van der Waals surface area contributed by atoms with Gasteiger partial charge in [0.1, 0.15) is 11.8 Å². The van der Waals surface area contributed by atoms with Crippen LogP contribution in [0.3, 0.4) is 0 Å². The zero-order valence-electron chi connectivity index (χ0n) is 11.6. The van der Waals surface area contributed by atoms with Crippen LogP contribution in [0.25, 0.3) is 0 Å². The van der Waals surface area contributed by atoms with E-state index in [-0.39, 0.29) is 21.9 Å². The highest BCUT2D eigenvalue weighted by Crippen LogP contribution is 2.16. The fourth-order valence-corrected chi connectivity index (χ4v) is 1.07. The van der Waals surface area contributed by atoms with E-state index in [0.29, 0.717) is 0 Å². The van der Waals surface area contributed by atoms with E-state index in [0.717, 1.165) is 5.57 Å². The van der Waals surface area contributed by atoms with E-state index in [1.54, 1.807) is 32.1 Å². The molecule has 0 radical (unpaired) electrons. The number of carbonyl (C=O) groups excluding carboxylic acids is 1. The van der Waals surface area contributed by atoms with Gasteiger partial charge in [0.25, 0.3) is 0 Å². The summed E-state index contributed by atoms with van der Waals surface area (Å²) in [5.74, 6) is -0.403. The molecule has 0 aliphatic rings. The summed E-state index contributed by atoms with van der Waals surface area (Å²) >= 11 is 5.83. The number of nitrogens with zero attached hydrogens (tertiary/aromatic N) is 1. The molecule has 104 valence electrons. The lowest BCUT2D eigenvalue weighted by molar-refractivity contribution is -0.134. The largest absolute Gasteiger partial charge is 0.423 e. The number of carbonyl (C=O) groups is 1. The zero-order valence-corrected chi connectivity index (χ0v) is 12.3. The Morgan fingerprint density at radius 3 is 2.35 bits per heavy atom. The number of allylic oxidation sites excluding steroid dienone is 6. The summed E-state index contributed by atoms with van der Waals surface area (Å²) in [6, 6.07) is 1.80. The molecule has 0 aliphatic heterocycles. The molecule has 0 spiro atoms. The molecule has 3 nitrogen and oxygen atoms in total. The van der Waals surface area contributed by atoms with Crippen molar-refractivity contribution in [3.8, 4) is 6.07 Å². The predicted molar refractivity (Wildman–Crippen MR) is 81.6 cm³/mol. The van der Waals surface area contributed by atoms with Gasteiger partial charge in [0.2, 0.25) is 0 Å². The molecule has 20 heavy (non-hydrogen) atoms. The van der Waals surface area contributed by atoms with Crippen LogP contribution in [-0.2, 0) is 9.53 Å². The number of nitriles is 1. The molecule has 0 aromatic rings. The van der Waals surface area contributed by atoms with Crippen molar-refractivity contribution >= 4 is 17.6 Å². The minimum atomic E-state index is -0.612. The van der Waals surface area contributed by atoms with Crippen LogP contribution in [0.2, 0.25) is 0 Å². The van der Waals surface area contributed by atoms with Crippen molar-refractivity contribution < 1.29 is 9.53 Å². The first-order chi connectivity index (χ1) is 9.31. The highest BCUT2D eigenvalue weighted by molar-refractivity contribution is 6.32. The van der Waals surface area contributed by atoms with Crippen molar-refractivity contribution in [3.05, 3.63) is 71.6 Å². The average Bonchev–Trinajstić information content (AvgIpc) is 2.42. The maximum Gasteiger partial charge on any atom is 0.342 e. The van der Waals surface area contributed by atoms with Gasteiger partial charge >= 0.3 is 5.97 Å². The Morgan fingerprint density at radius 2 is 1.90 bits per heavy atom. The van der Waals surface area contributed by atoms with Gasteiger partial charge in [-0.3, -0.25) is 0 Å². The van der Waals surface area contributed by atoms with Crippen LogP contribution < -0.4 is 0 Å². The number of rotatable bonds is 6. The lowest BCUT2D eigenvalue weighted by Gasteiger charge is -2.05. The quantitative estimate of drug-likeness (QED) is 0.240. The molecule has 0 amide bonds. The summed E-state index contributed by atoms with van der Waals surface area (Å²) in [5, 5.41) is 8.76. The van der Waals surface area contributed by atoms with Crippen molar-refractivity contribution in [1.82, 2.24) is 0 Å². The van der Waals surface area contributed by atoms with Crippen molar-refractivity contribution in [2.45, 2.75) is 13.8 Å². The van der Waals surface area contributed by atoms with Gasteiger partial charge in [-0.1, -0.05) is 43.0 Å². The van der Waals surface area contributed by atoms with Gasteiger partial charge in [-0.2, -0.15) is 5.26 Å². The Morgan fingerprint density at radius 1 is 1.30 bits per heavy atom. The van der Waals surface area contributed by atoms with Crippen molar-refractivity contribution in [2.75, 3.05) is 0 Å². The van der Waals surface area contributed by atoms with E-state index < -0.39 is 5.97 Å². The van der Waals surface area contributed by atoms with Gasteiger partial charge in [-0.05, 0) is 26.0 Å². The molecule has 0 aliphatic carbocycles. The third-order valence-electron chi connectivity index (χ3n) is 2.02. The smallest absolute Gasteiger partial charge is 0.342 e. The van der Waals surface area contributed by atoms with Gasteiger partial charge in [-0.15, -0.1) is 0 Å². The molecule has 0 saturated heterocycles. The van der Waals surface area contributed by atoms with Crippen molar-refractivity contribution in [2.24, 2.45) is 0 Å². The molecule has 0 bridgehead atoms. The third-order valence-corrected chi connectivity index (χ3v) is 2.36. The Labute approximate surface area is 124 Å². The average molecular weight is 290 g/mol. The number of halogens is 1. The summed E-state index contributed by atoms with van der Waals surface area (Å²) in [4.78, 5) is 11.7. The monoisotopic (exact) mass is 289 g/mol. The second kappa shape index (κ2) is 8.73. The summed E-state index contributed by atoms with van der Waals surface area (Å²) < 4.78 is 5.09. The molecule has 0 atom stereocenters. The molecule has 0 heterocycles. The second-order valence-corrected chi connectivity index (χ2v) is 4.28. The van der Waals surface area contributed by atoms with Crippen LogP contribution in [0.5, 0.6) is 0 Å². The molecule has 0 N–H and O–H groups in total. The Bertz CT molecular complexity index is 572. The van der Waals surface area contributed by atoms with Crippen LogP contribution in [0.15, 0.2) is 71.6 Å². The Kier molecular flexibility index (Phi) is 7.72. The van der Waals surface area contributed by atoms with Crippen LogP contribution in [0.1, 0.15) is 13.8 Å². The van der Waals surface area contributed by atoms with Gasteiger partial charge in [-0.25, -0.2) is 4.79 Å². The highest BCUT2D eigenvalue weighted by Gasteiger charge is 2.09. The molecule has 0 fully saturated rings. The second-order valence-electron chi connectivity index (χ2n) is 3.87. The van der Waals surface area contributed by atoms with Crippen molar-refractivity contribution in [1.29, 1.82) is 5.26 Å². The summed E-state index contributed by atoms with van der Waals surface area (Å²) in [6.07, 6.45) is 6.05. The molecular formula is C16H16ClNO2. The minimum Gasteiger partial charge on any atom is -0.423 e. The van der Waals surface area contributed by atoms with Gasteiger partial charge in [0.15, 0.2) is 0 Å². The summed E-state index contributed by atoms with van der Waals surface area (Å²) in [6.45, 7) is 14.2. The summed E-state index contributed by atoms with van der Waals surface area (Å²) in [5.41, 5.74) is 1.05. The van der Waals surface area contributed by atoms with Crippen LogP contribution in [0.4, 0.5) is 0 Å². The van der Waals surface area contributed by atoms with Gasteiger partial charge in [0.05, 0.1) is 16.2 Å². The van der Waals surface area contributed by atoms with E-state index in [1.165, 1.54) is 12.2 Å². The van der Waals surface area contributed by atoms with Crippen LogP contribution in [0, 0.1) is 11.3 Å². The van der Waals surface area contributed by atoms with E-state index in [9.17, 15) is 4.79 Å². The minimum absolute atomic E-state index is 0.0862. The lowest BCUT2D eigenvalue weighted by atomic mass is 10.2. The molecular weight excluding hydrogens is 274 g/mol. The predicted octanol–water partition coefficient (Wildman–Crippen LogP) is 4.32. The number of esters is 1. The standard InChI is InChI=1S/C16H16ClNO2/c1-6-14(9-15(17)13(5)10-18)20-16(19)12(4)8-7-11(2)3/h6-9H,2,4-5H2,1,3H3/b8-7-,14-6+,15-9+. The molecule has 0 aromatic heterocycles. The highest BCUT2D eigenvalue weighted by atomic mass is 35.5. The fourth-order valence-electron chi connectivity index (χ4n) is 0.921.